The van der Waals surface area contributed by atoms with Crippen LogP contribution in [0, 0.1) is 0 Å². The number of anilines is 1. The lowest BCUT2D eigenvalue weighted by Crippen LogP contribution is -2.08. The third kappa shape index (κ3) is 2.53. The molecule has 1 N–H and O–H groups in total. The third-order valence-corrected chi connectivity index (χ3v) is 4.81. The Kier molecular flexibility index (Phi) is 3.68. The second kappa shape index (κ2) is 5.46. The summed E-state index contributed by atoms with van der Waals surface area (Å²) in [6.07, 6.45) is 2.11. The summed E-state index contributed by atoms with van der Waals surface area (Å²) in [5.74, 6) is -0.320. The van der Waals surface area contributed by atoms with Crippen LogP contribution in [-0.4, -0.2) is 13.1 Å². The molecular formula is C15H14ClNO2S. The molecule has 0 bridgehead atoms. The Hall–Kier alpha value is -1.52. The van der Waals surface area contributed by atoms with Gasteiger partial charge in [-0.25, -0.2) is 4.79 Å². The minimum atomic E-state index is -0.320. The number of rotatable bonds is 3. The molecule has 20 heavy (non-hydrogen) atoms. The average molecular weight is 308 g/mol. The summed E-state index contributed by atoms with van der Waals surface area (Å²) >= 11 is 7.72. The second-order valence-corrected chi connectivity index (χ2v) is 6.51. The zero-order valence-electron chi connectivity index (χ0n) is 11.0. The van der Waals surface area contributed by atoms with Gasteiger partial charge < -0.3 is 10.1 Å². The van der Waals surface area contributed by atoms with Gasteiger partial charge in [-0.05, 0) is 42.7 Å². The molecular weight excluding hydrogens is 294 g/mol. The van der Waals surface area contributed by atoms with Crippen LogP contribution in [0.3, 0.4) is 0 Å². The summed E-state index contributed by atoms with van der Waals surface area (Å²) in [6.45, 7) is 0. The van der Waals surface area contributed by atoms with Crippen molar-refractivity contribution >= 4 is 34.6 Å². The fourth-order valence-electron chi connectivity index (χ4n) is 2.53. The molecule has 0 spiro atoms. The van der Waals surface area contributed by atoms with E-state index in [0.29, 0.717) is 5.56 Å². The van der Waals surface area contributed by atoms with E-state index in [0.717, 1.165) is 22.9 Å². The molecule has 2 aromatic rings. The first kappa shape index (κ1) is 13.5. The first-order valence-corrected chi connectivity index (χ1v) is 7.60. The van der Waals surface area contributed by atoms with E-state index >= 15 is 0 Å². The highest BCUT2D eigenvalue weighted by molar-refractivity contribution is 7.16. The summed E-state index contributed by atoms with van der Waals surface area (Å²) in [4.78, 5) is 12.9. The van der Waals surface area contributed by atoms with Crippen molar-refractivity contribution in [1.82, 2.24) is 0 Å². The second-order valence-electron chi connectivity index (χ2n) is 4.74. The molecule has 1 aliphatic rings. The van der Waals surface area contributed by atoms with Gasteiger partial charge in [-0.15, -0.1) is 11.3 Å². The molecule has 1 unspecified atom stereocenters. The minimum absolute atomic E-state index is 0.265. The molecule has 0 aliphatic heterocycles. The van der Waals surface area contributed by atoms with Crippen molar-refractivity contribution in [1.29, 1.82) is 0 Å². The summed E-state index contributed by atoms with van der Waals surface area (Å²) in [5, 5.41) is 3.47. The van der Waals surface area contributed by atoms with Crippen LogP contribution in [0.25, 0.3) is 0 Å². The number of esters is 1. The lowest BCUT2D eigenvalue weighted by Gasteiger charge is -2.15. The van der Waals surface area contributed by atoms with Crippen LogP contribution in [0.4, 0.5) is 5.69 Å². The molecule has 104 valence electrons. The number of thiophene rings is 1. The molecule has 0 saturated heterocycles. The van der Waals surface area contributed by atoms with Crippen LogP contribution in [0.15, 0.2) is 30.3 Å². The Labute approximate surface area is 126 Å². The molecule has 1 aromatic heterocycles. The molecule has 1 atom stereocenters. The summed E-state index contributed by atoms with van der Waals surface area (Å²) in [5.41, 5.74) is 2.76. The molecule has 0 amide bonds. The van der Waals surface area contributed by atoms with Crippen molar-refractivity contribution in [3.05, 3.63) is 50.7 Å². The first-order valence-electron chi connectivity index (χ1n) is 6.40. The van der Waals surface area contributed by atoms with Gasteiger partial charge >= 0.3 is 5.97 Å². The third-order valence-electron chi connectivity index (χ3n) is 3.47. The highest BCUT2D eigenvalue weighted by Gasteiger charge is 2.25. The molecule has 0 radical (unpaired) electrons. The Morgan fingerprint density at radius 2 is 2.30 bits per heavy atom. The van der Waals surface area contributed by atoms with Gasteiger partial charge in [0.05, 0.1) is 23.1 Å². The smallest absolute Gasteiger partial charge is 0.337 e. The van der Waals surface area contributed by atoms with E-state index in [9.17, 15) is 4.79 Å². The van der Waals surface area contributed by atoms with Gasteiger partial charge in [0.25, 0.3) is 0 Å². The molecule has 0 saturated carbocycles. The van der Waals surface area contributed by atoms with Crippen molar-refractivity contribution < 1.29 is 9.53 Å². The molecule has 3 nitrogen and oxygen atoms in total. The van der Waals surface area contributed by atoms with Gasteiger partial charge in [-0.3, -0.25) is 0 Å². The number of hydrogen-bond acceptors (Lipinski definition) is 4. The van der Waals surface area contributed by atoms with Crippen molar-refractivity contribution in [2.45, 2.75) is 18.9 Å². The van der Waals surface area contributed by atoms with Crippen molar-refractivity contribution in [2.75, 3.05) is 12.4 Å². The topological polar surface area (TPSA) is 38.3 Å². The number of nitrogens with one attached hydrogen (secondary N) is 1. The Balaban J connectivity index is 1.80. The van der Waals surface area contributed by atoms with Crippen molar-refractivity contribution in [2.24, 2.45) is 0 Å². The van der Waals surface area contributed by atoms with Crippen molar-refractivity contribution in [3.8, 4) is 0 Å². The van der Waals surface area contributed by atoms with Gasteiger partial charge in [0.1, 0.15) is 0 Å². The number of carbonyl (C=O) groups excluding carboxylic acids is 1. The summed E-state index contributed by atoms with van der Waals surface area (Å²) in [6, 6.07) is 9.68. The van der Waals surface area contributed by atoms with Crippen LogP contribution in [0.2, 0.25) is 4.34 Å². The normalized spacial score (nSPS) is 16.8. The number of carbonyl (C=O) groups is 1. The van der Waals surface area contributed by atoms with Gasteiger partial charge in [-0.1, -0.05) is 17.7 Å². The number of methoxy groups -OCH3 is 1. The Bertz CT molecular complexity index is 653. The van der Waals surface area contributed by atoms with E-state index < -0.39 is 0 Å². The standard InChI is InChI=1S/C15H14ClNO2S/c1-19-15(18)9-3-2-4-10(7-9)17-12-5-6-13-11(12)8-14(16)20-13/h2-4,7-8,12,17H,5-6H2,1H3. The van der Waals surface area contributed by atoms with Gasteiger partial charge in [-0.2, -0.15) is 0 Å². The number of halogens is 1. The maximum absolute atomic E-state index is 11.5. The zero-order valence-corrected chi connectivity index (χ0v) is 12.6. The Morgan fingerprint density at radius 1 is 1.45 bits per heavy atom. The number of fused-ring (bicyclic) bond motifs is 1. The van der Waals surface area contributed by atoms with Crippen LogP contribution < -0.4 is 5.32 Å². The predicted octanol–water partition coefficient (Wildman–Crippen LogP) is 4.29. The maximum atomic E-state index is 11.5. The molecule has 0 fully saturated rings. The predicted molar refractivity (Wildman–Crippen MR) is 81.8 cm³/mol. The number of aryl methyl sites for hydroxylation is 1. The lowest BCUT2D eigenvalue weighted by molar-refractivity contribution is 0.0601. The zero-order chi connectivity index (χ0) is 14.1. The molecule has 1 aliphatic carbocycles. The van der Waals surface area contributed by atoms with Crippen LogP contribution in [-0.2, 0) is 11.2 Å². The van der Waals surface area contributed by atoms with E-state index in [4.69, 9.17) is 16.3 Å². The van der Waals surface area contributed by atoms with E-state index in [1.807, 2.05) is 24.3 Å². The maximum Gasteiger partial charge on any atom is 0.337 e. The Morgan fingerprint density at radius 3 is 3.10 bits per heavy atom. The molecule has 1 aromatic carbocycles. The highest BCUT2D eigenvalue weighted by atomic mass is 35.5. The number of hydrogen-bond donors (Lipinski definition) is 1. The van der Waals surface area contributed by atoms with Gasteiger partial charge in [0.2, 0.25) is 0 Å². The van der Waals surface area contributed by atoms with E-state index in [-0.39, 0.29) is 12.0 Å². The number of ether oxygens (including phenoxy) is 1. The van der Waals surface area contributed by atoms with Gasteiger partial charge in [0.15, 0.2) is 0 Å². The molecule has 3 rings (SSSR count). The van der Waals surface area contributed by atoms with Crippen molar-refractivity contribution in [3.63, 3.8) is 0 Å². The van der Waals surface area contributed by atoms with E-state index in [1.54, 1.807) is 17.4 Å². The SMILES string of the molecule is COC(=O)c1cccc(NC2CCc3sc(Cl)cc32)c1. The fourth-order valence-corrected chi connectivity index (χ4v) is 3.89. The molecule has 1 heterocycles. The monoisotopic (exact) mass is 307 g/mol. The van der Waals surface area contributed by atoms with E-state index in [2.05, 4.69) is 5.32 Å². The first-order chi connectivity index (χ1) is 9.67. The lowest BCUT2D eigenvalue weighted by atomic mass is 10.1. The largest absolute Gasteiger partial charge is 0.465 e. The minimum Gasteiger partial charge on any atom is -0.465 e. The van der Waals surface area contributed by atoms with Gasteiger partial charge in [0, 0.05) is 10.6 Å². The molecule has 5 heteroatoms. The van der Waals surface area contributed by atoms with Crippen LogP contribution >= 0.6 is 22.9 Å². The van der Waals surface area contributed by atoms with Crippen LogP contribution in [0.5, 0.6) is 0 Å². The summed E-state index contributed by atoms with van der Waals surface area (Å²) in [7, 11) is 1.39. The highest BCUT2D eigenvalue weighted by Crippen LogP contribution is 2.40. The quantitative estimate of drug-likeness (QED) is 0.860. The van der Waals surface area contributed by atoms with E-state index in [1.165, 1.54) is 17.6 Å². The van der Waals surface area contributed by atoms with Crippen LogP contribution in [0.1, 0.15) is 33.3 Å². The average Bonchev–Trinajstić information content (AvgIpc) is 2.99. The fraction of sp³-hybridized carbons (Fsp3) is 0.267. The summed E-state index contributed by atoms with van der Waals surface area (Å²) < 4.78 is 5.58. The number of benzene rings is 1.